The zero-order chi connectivity index (χ0) is 21.9. The minimum absolute atomic E-state index is 0.0417. The Morgan fingerprint density at radius 3 is 2.13 bits per heavy atom. The third kappa shape index (κ3) is 4.89. The molecule has 0 saturated carbocycles. The summed E-state index contributed by atoms with van der Waals surface area (Å²) in [6.07, 6.45) is 0. The molecule has 30 heavy (non-hydrogen) atoms. The van der Waals surface area contributed by atoms with E-state index in [1.807, 2.05) is 45.9 Å². The first kappa shape index (κ1) is 21.6. The number of rotatable bonds is 6. The highest BCUT2D eigenvalue weighted by atomic mass is 32.2. The molecule has 0 saturated heterocycles. The molecule has 5 nitrogen and oxygen atoms in total. The van der Waals surface area contributed by atoms with E-state index in [1.54, 1.807) is 30.3 Å². The molecule has 0 atom stereocenters. The molecule has 0 fully saturated rings. The molecule has 0 bridgehead atoms. The lowest BCUT2D eigenvalue weighted by molar-refractivity contribution is 0.0981. The van der Waals surface area contributed by atoms with Crippen LogP contribution in [0.5, 0.6) is 5.75 Å². The van der Waals surface area contributed by atoms with Gasteiger partial charge in [0, 0.05) is 5.56 Å². The summed E-state index contributed by atoms with van der Waals surface area (Å²) >= 11 is 0. The van der Waals surface area contributed by atoms with E-state index in [-0.39, 0.29) is 10.5 Å². The molecule has 1 N–H and O–H groups in total. The molecule has 1 amide bonds. The van der Waals surface area contributed by atoms with Crippen LogP contribution in [-0.2, 0) is 16.6 Å². The fourth-order valence-corrected chi connectivity index (χ4v) is 4.05. The van der Waals surface area contributed by atoms with Crippen LogP contribution in [0.4, 0.5) is 0 Å². The maximum absolute atomic E-state index is 12.6. The number of carbonyl (C=O) groups excluding carboxylic acids is 1. The average molecular weight is 424 g/mol. The van der Waals surface area contributed by atoms with Gasteiger partial charge in [-0.25, -0.2) is 13.1 Å². The van der Waals surface area contributed by atoms with Crippen LogP contribution in [0.15, 0.2) is 65.6 Å². The third-order valence-electron chi connectivity index (χ3n) is 5.03. The van der Waals surface area contributed by atoms with Gasteiger partial charge in [-0.15, -0.1) is 0 Å². The fourth-order valence-electron chi connectivity index (χ4n) is 3.08. The number of ether oxygens (including phenoxy) is 1. The zero-order valence-corrected chi connectivity index (χ0v) is 18.3. The number of benzene rings is 3. The van der Waals surface area contributed by atoms with Gasteiger partial charge in [0.05, 0.1) is 4.90 Å². The maximum Gasteiger partial charge on any atom is 0.265 e. The van der Waals surface area contributed by atoms with Gasteiger partial charge in [-0.05, 0) is 74.2 Å². The average Bonchev–Trinajstić information content (AvgIpc) is 2.68. The molecule has 0 heterocycles. The van der Waals surface area contributed by atoms with E-state index in [0.717, 1.165) is 27.8 Å². The molecule has 0 aromatic heterocycles. The summed E-state index contributed by atoms with van der Waals surface area (Å²) in [5.41, 5.74) is 5.36. The van der Waals surface area contributed by atoms with Gasteiger partial charge in [-0.2, -0.15) is 0 Å². The van der Waals surface area contributed by atoms with Gasteiger partial charge in [0.1, 0.15) is 12.4 Å². The molecule has 0 aliphatic heterocycles. The monoisotopic (exact) mass is 423 g/mol. The first-order chi connectivity index (χ1) is 14.2. The van der Waals surface area contributed by atoms with Gasteiger partial charge in [0.15, 0.2) is 0 Å². The predicted octanol–water partition coefficient (Wildman–Crippen LogP) is 4.62. The van der Waals surface area contributed by atoms with E-state index in [4.69, 9.17) is 4.74 Å². The molecule has 0 unspecified atom stereocenters. The van der Waals surface area contributed by atoms with Crippen LogP contribution in [-0.4, -0.2) is 14.3 Å². The molecular formula is C24H25NO4S. The smallest absolute Gasteiger partial charge is 0.265 e. The number of amides is 1. The Morgan fingerprint density at radius 2 is 1.50 bits per heavy atom. The van der Waals surface area contributed by atoms with E-state index in [1.165, 1.54) is 12.1 Å². The number of aryl methyl sites for hydroxylation is 4. The molecule has 6 heteroatoms. The third-order valence-corrected chi connectivity index (χ3v) is 6.37. The molecule has 156 valence electrons. The quantitative estimate of drug-likeness (QED) is 0.628. The molecule has 0 aliphatic rings. The van der Waals surface area contributed by atoms with Gasteiger partial charge >= 0.3 is 0 Å². The second-order valence-electron chi connectivity index (χ2n) is 7.39. The summed E-state index contributed by atoms with van der Waals surface area (Å²) in [6, 6.07) is 17.3. The van der Waals surface area contributed by atoms with Crippen LogP contribution in [0, 0.1) is 27.7 Å². The minimum Gasteiger partial charge on any atom is -0.489 e. The summed E-state index contributed by atoms with van der Waals surface area (Å²) < 4.78 is 33.1. The van der Waals surface area contributed by atoms with Crippen molar-refractivity contribution in [2.75, 3.05) is 0 Å². The molecule has 0 spiro atoms. The Bertz CT molecular complexity index is 1160. The zero-order valence-electron chi connectivity index (χ0n) is 17.5. The van der Waals surface area contributed by atoms with Crippen LogP contribution in [0.1, 0.15) is 38.2 Å². The lowest BCUT2D eigenvalue weighted by Gasteiger charge is -2.14. The van der Waals surface area contributed by atoms with Crippen molar-refractivity contribution in [2.24, 2.45) is 0 Å². The lowest BCUT2D eigenvalue weighted by Crippen LogP contribution is -2.30. The van der Waals surface area contributed by atoms with Crippen LogP contribution in [0.3, 0.4) is 0 Å². The minimum atomic E-state index is -3.95. The number of sulfonamides is 1. The van der Waals surface area contributed by atoms with Crippen LogP contribution in [0.25, 0.3) is 0 Å². The van der Waals surface area contributed by atoms with Gasteiger partial charge in [0.25, 0.3) is 15.9 Å². The van der Waals surface area contributed by atoms with Crippen molar-refractivity contribution in [3.05, 3.63) is 94.0 Å². The van der Waals surface area contributed by atoms with Crippen LogP contribution >= 0.6 is 0 Å². The standard InChI is InChI=1S/C24H25NO4S/c1-16-8-12-21(13-9-16)30(27,28)25-24(26)20-11-10-19(4)23(14-20)29-15-22-17(2)6-5-7-18(22)3/h5-14H,15H2,1-4H3,(H,25,26). The molecular weight excluding hydrogens is 398 g/mol. The first-order valence-corrected chi connectivity index (χ1v) is 11.1. The molecule has 3 rings (SSSR count). The summed E-state index contributed by atoms with van der Waals surface area (Å²) in [4.78, 5) is 12.6. The fraction of sp³-hybridized carbons (Fsp3) is 0.208. The Morgan fingerprint density at radius 1 is 0.867 bits per heavy atom. The summed E-state index contributed by atoms with van der Waals surface area (Å²) in [5, 5.41) is 0. The molecule has 3 aromatic carbocycles. The van der Waals surface area contributed by atoms with Crippen molar-refractivity contribution in [3.63, 3.8) is 0 Å². The van der Waals surface area contributed by atoms with Crippen LogP contribution in [0.2, 0.25) is 0 Å². The van der Waals surface area contributed by atoms with Crippen molar-refractivity contribution >= 4 is 15.9 Å². The van der Waals surface area contributed by atoms with E-state index in [2.05, 4.69) is 4.72 Å². The normalized spacial score (nSPS) is 11.2. The van der Waals surface area contributed by atoms with E-state index >= 15 is 0 Å². The SMILES string of the molecule is Cc1ccc(S(=O)(=O)NC(=O)c2ccc(C)c(OCc3c(C)cccc3C)c2)cc1. The van der Waals surface area contributed by atoms with E-state index in [0.29, 0.717) is 12.4 Å². The Hall–Kier alpha value is -3.12. The lowest BCUT2D eigenvalue weighted by atomic mass is 10.0. The van der Waals surface area contributed by atoms with Gasteiger partial charge in [-0.1, -0.05) is 42.0 Å². The largest absolute Gasteiger partial charge is 0.489 e. The summed E-state index contributed by atoms with van der Waals surface area (Å²) in [5.74, 6) is -0.162. The summed E-state index contributed by atoms with van der Waals surface area (Å²) in [6.45, 7) is 8.16. The number of hydrogen-bond acceptors (Lipinski definition) is 4. The first-order valence-electron chi connectivity index (χ1n) is 9.60. The van der Waals surface area contributed by atoms with E-state index < -0.39 is 15.9 Å². The highest BCUT2D eigenvalue weighted by Gasteiger charge is 2.19. The predicted molar refractivity (Wildman–Crippen MR) is 117 cm³/mol. The highest BCUT2D eigenvalue weighted by Crippen LogP contribution is 2.23. The van der Waals surface area contributed by atoms with Gasteiger partial charge in [0.2, 0.25) is 0 Å². The number of hydrogen-bond donors (Lipinski definition) is 1. The Kier molecular flexibility index (Phi) is 6.27. The Labute approximate surface area is 177 Å². The van der Waals surface area contributed by atoms with Crippen molar-refractivity contribution in [1.29, 1.82) is 0 Å². The van der Waals surface area contributed by atoms with Crippen molar-refractivity contribution in [3.8, 4) is 5.75 Å². The second kappa shape index (κ2) is 8.71. The van der Waals surface area contributed by atoms with E-state index in [9.17, 15) is 13.2 Å². The highest BCUT2D eigenvalue weighted by molar-refractivity contribution is 7.90. The van der Waals surface area contributed by atoms with Crippen molar-refractivity contribution in [2.45, 2.75) is 39.2 Å². The second-order valence-corrected chi connectivity index (χ2v) is 9.07. The molecule has 3 aromatic rings. The number of nitrogens with one attached hydrogen (secondary N) is 1. The summed E-state index contributed by atoms with van der Waals surface area (Å²) in [7, 11) is -3.95. The van der Waals surface area contributed by atoms with Gasteiger partial charge < -0.3 is 4.74 Å². The van der Waals surface area contributed by atoms with Crippen LogP contribution < -0.4 is 9.46 Å². The maximum atomic E-state index is 12.6. The van der Waals surface area contributed by atoms with Crippen molar-refractivity contribution in [1.82, 2.24) is 4.72 Å². The molecule has 0 radical (unpaired) electrons. The number of carbonyl (C=O) groups is 1. The molecule has 0 aliphatic carbocycles. The topological polar surface area (TPSA) is 72.5 Å². The van der Waals surface area contributed by atoms with Gasteiger partial charge in [-0.3, -0.25) is 4.79 Å². The van der Waals surface area contributed by atoms with Crippen molar-refractivity contribution < 1.29 is 17.9 Å². The Balaban J connectivity index is 1.78.